The zero-order valence-electron chi connectivity index (χ0n) is 21.8. The third-order valence-corrected chi connectivity index (χ3v) is 7.59. The Balaban J connectivity index is 1.75. The Morgan fingerprint density at radius 1 is 0.353 bits per heavy atom. The summed E-state index contributed by atoms with van der Waals surface area (Å²) in [7, 11) is 0. The summed E-state index contributed by atoms with van der Waals surface area (Å²) in [5.41, 5.74) is 16.1. The second-order valence-electron chi connectivity index (χ2n) is 10.3. The molecule has 0 aliphatic rings. The SMILES string of the molecule is Cc1cc(C)c(-c2ccc3c(C)c4cc(-c5c(C)cc(C)cc5C)ccc4c(C)c3c2)c(C)c1. The van der Waals surface area contributed by atoms with Crippen molar-refractivity contribution in [3.63, 3.8) is 0 Å². The normalized spacial score (nSPS) is 11.5. The Hall–Kier alpha value is -3.38. The standard InChI is InChI=1S/C34H34/c1-19-13-21(3)33(22(4)14-19)27-9-11-29-26(8)32-18-28(10-12-30(32)25(7)31(29)17-27)34-23(5)15-20(2)16-24(34)6/h9-18H,1-8H3. The molecule has 0 spiro atoms. The third kappa shape index (κ3) is 3.53. The number of hydrogen-bond acceptors (Lipinski definition) is 0. The lowest BCUT2D eigenvalue weighted by molar-refractivity contribution is 1.32. The molecular formula is C34H34. The van der Waals surface area contributed by atoms with Crippen molar-refractivity contribution in [3.05, 3.63) is 105 Å². The van der Waals surface area contributed by atoms with Gasteiger partial charge in [0.15, 0.2) is 0 Å². The van der Waals surface area contributed by atoms with Gasteiger partial charge >= 0.3 is 0 Å². The average Bonchev–Trinajstić information content (AvgIpc) is 2.76. The third-order valence-electron chi connectivity index (χ3n) is 7.59. The summed E-state index contributed by atoms with van der Waals surface area (Å²) < 4.78 is 0. The van der Waals surface area contributed by atoms with Crippen LogP contribution in [0, 0.1) is 55.4 Å². The molecular weight excluding hydrogens is 408 g/mol. The summed E-state index contributed by atoms with van der Waals surface area (Å²) in [6, 6.07) is 23.3. The van der Waals surface area contributed by atoms with E-state index in [0.29, 0.717) is 0 Å². The molecule has 0 heteroatoms. The highest BCUT2D eigenvalue weighted by atomic mass is 14.2. The minimum absolute atomic E-state index is 1.31. The Bertz CT molecular complexity index is 1440. The van der Waals surface area contributed by atoms with Crippen LogP contribution in [0.5, 0.6) is 0 Å². The van der Waals surface area contributed by atoms with Crippen LogP contribution in [0.4, 0.5) is 0 Å². The number of rotatable bonds is 2. The van der Waals surface area contributed by atoms with Gasteiger partial charge in [0, 0.05) is 0 Å². The van der Waals surface area contributed by atoms with Crippen LogP contribution >= 0.6 is 0 Å². The average molecular weight is 443 g/mol. The molecule has 34 heavy (non-hydrogen) atoms. The molecule has 0 aliphatic heterocycles. The first-order valence-corrected chi connectivity index (χ1v) is 12.3. The van der Waals surface area contributed by atoms with E-state index in [1.165, 1.54) is 88.3 Å². The van der Waals surface area contributed by atoms with E-state index in [9.17, 15) is 0 Å². The minimum atomic E-state index is 1.31. The fraction of sp³-hybridized carbons (Fsp3) is 0.235. The van der Waals surface area contributed by atoms with Gasteiger partial charge < -0.3 is 0 Å². The summed E-state index contributed by atoms with van der Waals surface area (Å²) in [5.74, 6) is 0. The van der Waals surface area contributed by atoms with Gasteiger partial charge in [-0.25, -0.2) is 0 Å². The highest BCUT2D eigenvalue weighted by Crippen LogP contribution is 2.39. The van der Waals surface area contributed by atoms with E-state index in [2.05, 4.69) is 116 Å². The lowest BCUT2D eigenvalue weighted by Crippen LogP contribution is -1.94. The molecule has 0 bridgehead atoms. The lowest BCUT2D eigenvalue weighted by atomic mass is 9.86. The predicted octanol–water partition coefficient (Wildman–Crippen LogP) is 9.79. The molecule has 5 rings (SSSR count). The van der Waals surface area contributed by atoms with Crippen molar-refractivity contribution in [1.82, 2.24) is 0 Å². The molecule has 0 unspecified atom stereocenters. The fourth-order valence-electron chi connectivity index (χ4n) is 6.23. The maximum atomic E-state index is 2.41. The molecule has 5 aromatic rings. The van der Waals surface area contributed by atoms with Crippen LogP contribution < -0.4 is 0 Å². The van der Waals surface area contributed by atoms with Crippen molar-refractivity contribution >= 4 is 21.5 Å². The molecule has 0 amide bonds. The predicted molar refractivity (Wildman–Crippen MR) is 150 cm³/mol. The van der Waals surface area contributed by atoms with E-state index >= 15 is 0 Å². The first kappa shape index (κ1) is 22.4. The summed E-state index contributed by atoms with van der Waals surface area (Å²) in [6.07, 6.45) is 0. The van der Waals surface area contributed by atoms with Crippen LogP contribution in [-0.2, 0) is 0 Å². The zero-order valence-corrected chi connectivity index (χ0v) is 21.8. The summed E-state index contributed by atoms with van der Waals surface area (Å²) in [5, 5.41) is 5.42. The van der Waals surface area contributed by atoms with E-state index in [1.54, 1.807) is 0 Å². The lowest BCUT2D eigenvalue weighted by Gasteiger charge is -2.18. The van der Waals surface area contributed by atoms with Crippen molar-refractivity contribution in [2.24, 2.45) is 0 Å². The highest BCUT2D eigenvalue weighted by molar-refractivity contribution is 6.07. The van der Waals surface area contributed by atoms with Gasteiger partial charge in [-0.1, -0.05) is 59.7 Å². The first-order chi connectivity index (χ1) is 16.2. The second kappa shape index (κ2) is 8.13. The zero-order chi connectivity index (χ0) is 24.3. The number of aryl methyl sites for hydroxylation is 8. The van der Waals surface area contributed by atoms with Gasteiger partial charge in [0.1, 0.15) is 0 Å². The molecule has 0 atom stereocenters. The number of benzene rings is 5. The Morgan fingerprint density at radius 2 is 0.676 bits per heavy atom. The van der Waals surface area contributed by atoms with E-state index in [4.69, 9.17) is 0 Å². The molecule has 0 heterocycles. The fourth-order valence-corrected chi connectivity index (χ4v) is 6.23. The molecule has 5 aromatic carbocycles. The Morgan fingerprint density at radius 3 is 1.00 bits per heavy atom. The van der Waals surface area contributed by atoms with Gasteiger partial charge in [-0.2, -0.15) is 0 Å². The Kier molecular flexibility index (Phi) is 5.36. The van der Waals surface area contributed by atoms with Crippen molar-refractivity contribution in [2.45, 2.75) is 55.4 Å². The number of fused-ring (bicyclic) bond motifs is 2. The van der Waals surface area contributed by atoms with Crippen molar-refractivity contribution in [1.29, 1.82) is 0 Å². The van der Waals surface area contributed by atoms with Crippen LogP contribution in [0.25, 0.3) is 43.8 Å². The molecule has 0 saturated carbocycles. The van der Waals surface area contributed by atoms with Crippen LogP contribution in [-0.4, -0.2) is 0 Å². The van der Waals surface area contributed by atoms with Crippen molar-refractivity contribution in [3.8, 4) is 22.3 Å². The van der Waals surface area contributed by atoms with E-state index < -0.39 is 0 Å². The molecule has 0 fully saturated rings. The maximum Gasteiger partial charge on any atom is -0.0125 e. The topological polar surface area (TPSA) is 0 Å². The maximum absolute atomic E-state index is 2.41. The molecule has 0 aliphatic carbocycles. The largest absolute Gasteiger partial charge is 0.0557 e. The van der Waals surface area contributed by atoms with Gasteiger partial charge in [0.05, 0.1) is 0 Å². The van der Waals surface area contributed by atoms with Crippen molar-refractivity contribution in [2.75, 3.05) is 0 Å². The summed E-state index contributed by atoms with van der Waals surface area (Å²) in [6.45, 7) is 17.8. The summed E-state index contributed by atoms with van der Waals surface area (Å²) >= 11 is 0. The van der Waals surface area contributed by atoms with Crippen LogP contribution in [0.3, 0.4) is 0 Å². The smallest absolute Gasteiger partial charge is 0.0125 e. The molecule has 0 radical (unpaired) electrons. The van der Waals surface area contributed by atoms with Gasteiger partial charge in [0.2, 0.25) is 0 Å². The van der Waals surface area contributed by atoms with E-state index in [-0.39, 0.29) is 0 Å². The highest BCUT2D eigenvalue weighted by Gasteiger charge is 2.14. The van der Waals surface area contributed by atoms with Crippen molar-refractivity contribution < 1.29 is 0 Å². The van der Waals surface area contributed by atoms with Crippen LogP contribution in [0.15, 0.2) is 60.7 Å². The quantitative estimate of drug-likeness (QED) is 0.239. The second-order valence-corrected chi connectivity index (χ2v) is 10.3. The molecule has 0 saturated heterocycles. The van der Waals surface area contributed by atoms with Crippen LogP contribution in [0.1, 0.15) is 44.5 Å². The van der Waals surface area contributed by atoms with Gasteiger partial charge in [-0.15, -0.1) is 0 Å². The van der Waals surface area contributed by atoms with E-state index in [0.717, 1.165) is 0 Å². The molecule has 0 N–H and O–H groups in total. The van der Waals surface area contributed by atoms with E-state index in [1.807, 2.05) is 0 Å². The molecule has 0 nitrogen and oxygen atoms in total. The van der Waals surface area contributed by atoms with Gasteiger partial charge in [0.25, 0.3) is 0 Å². The molecule has 0 aromatic heterocycles. The first-order valence-electron chi connectivity index (χ1n) is 12.3. The Labute approximate surface area is 204 Å². The minimum Gasteiger partial charge on any atom is -0.0557 e. The summed E-state index contributed by atoms with van der Waals surface area (Å²) in [4.78, 5) is 0. The number of hydrogen-bond donors (Lipinski definition) is 0. The van der Waals surface area contributed by atoms with Crippen LogP contribution in [0.2, 0.25) is 0 Å². The molecule has 170 valence electrons. The monoisotopic (exact) mass is 442 g/mol. The van der Waals surface area contributed by atoms with Gasteiger partial charge in [-0.3, -0.25) is 0 Å². The van der Waals surface area contributed by atoms with Gasteiger partial charge in [-0.05, 0) is 145 Å².